The molecule has 1 fully saturated rings. The zero-order valence-corrected chi connectivity index (χ0v) is 14.6. The fourth-order valence-corrected chi connectivity index (χ4v) is 2.96. The Kier molecular flexibility index (Phi) is 5.06. The number of hydrogen-bond acceptors (Lipinski definition) is 5. The van der Waals surface area contributed by atoms with Gasteiger partial charge in [0, 0.05) is 35.9 Å². The maximum atomic E-state index is 12.3. The van der Waals surface area contributed by atoms with Gasteiger partial charge in [-0.3, -0.25) is 4.79 Å². The summed E-state index contributed by atoms with van der Waals surface area (Å²) in [4.78, 5) is 16.5. The quantitative estimate of drug-likeness (QED) is 0.899. The van der Waals surface area contributed by atoms with Crippen LogP contribution in [-0.2, 0) is 6.54 Å². The van der Waals surface area contributed by atoms with E-state index in [1.54, 1.807) is 6.07 Å². The number of amides is 1. The molecule has 1 atom stereocenters. The number of halogens is 1. The molecule has 128 valence electrons. The normalized spacial score (nSPS) is 17.5. The van der Waals surface area contributed by atoms with Gasteiger partial charge in [0.05, 0.1) is 6.54 Å². The van der Waals surface area contributed by atoms with E-state index in [1.165, 1.54) is 0 Å². The third-order valence-corrected chi connectivity index (χ3v) is 4.23. The van der Waals surface area contributed by atoms with E-state index in [1.807, 2.05) is 43.3 Å². The Balaban J connectivity index is 1.56. The van der Waals surface area contributed by atoms with Gasteiger partial charge in [0.15, 0.2) is 11.5 Å². The molecule has 1 N–H and O–H groups in total. The summed E-state index contributed by atoms with van der Waals surface area (Å²) in [6, 6.07) is 9.55. The molecule has 1 aliphatic rings. The van der Waals surface area contributed by atoms with Gasteiger partial charge < -0.3 is 19.6 Å². The summed E-state index contributed by atoms with van der Waals surface area (Å²) in [5.41, 5.74) is 1.45. The summed E-state index contributed by atoms with van der Waals surface area (Å²) in [5.74, 6) is 0.492. The molecule has 2 aromatic rings. The van der Waals surface area contributed by atoms with Gasteiger partial charge in [0.2, 0.25) is 0 Å². The van der Waals surface area contributed by atoms with Crippen LogP contribution in [0.5, 0.6) is 0 Å². The van der Waals surface area contributed by atoms with Gasteiger partial charge >= 0.3 is 0 Å². The Morgan fingerprint density at radius 3 is 2.88 bits per heavy atom. The van der Waals surface area contributed by atoms with E-state index in [-0.39, 0.29) is 11.9 Å². The summed E-state index contributed by atoms with van der Waals surface area (Å²) in [6.07, 6.45) is 0.900. The number of anilines is 1. The number of hydrogen-bond donors (Lipinski definition) is 1. The monoisotopic (exact) mass is 348 g/mol. The summed E-state index contributed by atoms with van der Waals surface area (Å²) in [5, 5.41) is 7.61. The molecule has 2 heterocycles. The van der Waals surface area contributed by atoms with Crippen molar-refractivity contribution in [3.8, 4) is 0 Å². The van der Waals surface area contributed by atoms with Gasteiger partial charge in [-0.25, -0.2) is 0 Å². The molecule has 0 aliphatic carbocycles. The lowest BCUT2D eigenvalue weighted by molar-refractivity contribution is 0.0931. The molecule has 0 bridgehead atoms. The van der Waals surface area contributed by atoms with Gasteiger partial charge in [-0.2, -0.15) is 0 Å². The first-order chi connectivity index (χ1) is 11.5. The third-order valence-electron chi connectivity index (χ3n) is 3.98. The second-order valence-electron chi connectivity index (χ2n) is 6.30. The third kappa shape index (κ3) is 4.07. The molecule has 1 amide bonds. The lowest BCUT2D eigenvalue weighted by atomic mass is 10.2. The highest BCUT2D eigenvalue weighted by molar-refractivity contribution is 6.30. The molecule has 0 spiro atoms. The Morgan fingerprint density at radius 2 is 2.17 bits per heavy atom. The predicted molar refractivity (Wildman–Crippen MR) is 93.4 cm³/mol. The van der Waals surface area contributed by atoms with Crippen molar-refractivity contribution in [1.29, 1.82) is 0 Å². The molecule has 1 aromatic carbocycles. The largest absolute Gasteiger partial charge is 0.369 e. The summed E-state index contributed by atoms with van der Waals surface area (Å²) in [6.45, 7) is 2.29. The second kappa shape index (κ2) is 7.23. The highest BCUT2D eigenvalue weighted by Gasteiger charge is 2.25. The molecular formula is C17H21ClN4O2. The van der Waals surface area contributed by atoms with E-state index < -0.39 is 0 Å². The summed E-state index contributed by atoms with van der Waals surface area (Å²) in [7, 11) is 3.87. The van der Waals surface area contributed by atoms with Crippen LogP contribution in [0.25, 0.3) is 0 Å². The Labute approximate surface area is 146 Å². The predicted octanol–water partition coefficient (Wildman–Crippen LogP) is 2.40. The van der Waals surface area contributed by atoms with Crippen LogP contribution in [0.2, 0.25) is 5.02 Å². The standard InChI is InChI=1S/C17H21ClN4O2/c1-21(2)11-15-9-16(20-24-15)17(23)19-13-7-8-22(10-13)14-5-3-12(18)4-6-14/h3-6,9,13H,7-8,10-11H2,1-2H3,(H,19,23). The molecule has 3 rings (SSSR count). The van der Waals surface area contributed by atoms with Crippen LogP contribution in [0.3, 0.4) is 0 Å². The van der Waals surface area contributed by atoms with Gasteiger partial charge in [-0.05, 0) is 44.8 Å². The average Bonchev–Trinajstić information content (AvgIpc) is 3.17. The molecule has 1 saturated heterocycles. The topological polar surface area (TPSA) is 61.6 Å². The molecule has 1 aromatic heterocycles. The van der Waals surface area contributed by atoms with Crippen molar-refractivity contribution in [3.05, 3.63) is 46.8 Å². The first kappa shape index (κ1) is 16.8. The van der Waals surface area contributed by atoms with E-state index >= 15 is 0 Å². The highest BCUT2D eigenvalue weighted by atomic mass is 35.5. The zero-order valence-electron chi connectivity index (χ0n) is 13.8. The minimum atomic E-state index is -0.188. The maximum Gasteiger partial charge on any atom is 0.273 e. The van der Waals surface area contributed by atoms with E-state index in [2.05, 4.69) is 15.4 Å². The minimum absolute atomic E-state index is 0.0992. The number of nitrogens with one attached hydrogen (secondary N) is 1. The average molecular weight is 349 g/mol. The second-order valence-corrected chi connectivity index (χ2v) is 6.73. The van der Waals surface area contributed by atoms with Crippen molar-refractivity contribution in [2.45, 2.75) is 19.0 Å². The Bertz CT molecular complexity index is 699. The maximum absolute atomic E-state index is 12.3. The van der Waals surface area contributed by atoms with E-state index in [0.29, 0.717) is 18.0 Å². The lowest BCUT2D eigenvalue weighted by Crippen LogP contribution is -2.37. The number of benzene rings is 1. The Hall–Kier alpha value is -2.05. The van der Waals surface area contributed by atoms with Gasteiger partial charge in [-0.15, -0.1) is 0 Å². The van der Waals surface area contributed by atoms with Gasteiger partial charge in [0.1, 0.15) is 0 Å². The first-order valence-corrected chi connectivity index (χ1v) is 8.31. The SMILES string of the molecule is CN(C)Cc1cc(C(=O)NC2CCN(c3ccc(Cl)cc3)C2)no1. The van der Waals surface area contributed by atoms with Gasteiger partial charge in [-0.1, -0.05) is 16.8 Å². The zero-order chi connectivity index (χ0) is 17.1. The lowest BCUT2D eigenvalue weighted by Gasteiger charge is -2.18. The summed E-state index contributed by atoms with van der Waals surface area (Å²) >= 11 is 5.92. The van der Waals surface area contributed by atoms with E-state index in [9.17, 15) is 4.79 Å². The van der Waals surface area contributed by atoms with E-state index in [4.69, 9.17) is 16.1 Å². The van der Waals surface area contributed by atoms with Crippen molar-refractivity contribution < 1.29 is 9.32 Å². The summed E-state index contributed by atoms with van der Waals surface area (Å²) < 4.78 is 5.19. The highest BCUT2D eigenvalue weighted by Crippen LogP contribution is 2.22. The van der Waals surface area contributed by atoms with Crippen LogP contribution < -0.4 is 10.2 Å². The molecule has 7 heteroatoms. The van der Waals surface area contributed by atoms with Crippen LogP contribution in [0.15, 0.2) is 34.9 Å². The Morgan fingerprint density at radius 1 is 1.42 bits per heavy atom. The van der Waals surface area contributed by atoms with Crippen LogP contribution in [0.4, 0.5) is 5.69 Å². The smallest absolute Gasteiger partial charge is 0.273 e. The number of aromatic nitrogens is 1. The van der Waals surface area contributed by atoms with Crippen molar-refractivity contribution in [2.24, 2.45) is 0 Å². The molecule has 24 heavy (non-hydrogen) atoms. The van der Waals surface area contributed by atoms with Crippen molar-refractivity contribution >= 4 is 23.2 Å². The van der Waals surface area contributed by atoms with Crippen molar-refractivity contribution in [2.75, 3.05) is 32.1 Å². The van der Waals surface area contributed by atoms with Crippen molar-refractivity contribution in [3.63, 3.8) is 0 Å². The number of rotatable bonds is 5. The molecule has 1 unspecified atom stereocenters. The van der Waals surface area contributed by atoms with E-state index in [0.717, 1.165) is 30.2 Å². The van der Waals surface area contributed by atoms with Crippen LogP contribution in [0, 0.1) is 0 Å². The molecule has 1 aliphatic heterocycles. The fourth-order valence-electron chi connectivity index (χ4n) is 2.83. The number of carbonyl (C=O) groups is 1. The molecular weight excluding hydrogens is 328 g/mol. The number of nitrogens with zero attached hydrogens (tertiary/aromatic N) is 3. The van der Waals surface area contributed by atoms with Gasteiger partial charge in [0.25, 0.3) is 5.91 Å². The molecule has 0 saturated carbocycles. The first-order valence-electron chi connectivity index (χ1n) is 7.93. The molecule has 6 nitrogen and oxygen atoms in total. The molecule has 0 radical (unpaired) electrons. The van der Waals surface area contributed by atoms with Crippen LogP contribution in [0.1, 0.15) is 22.7 Å². The number of carbonyl (C=O) groups excluding carboxylic acids is 1. The van der Waals surface area contributed by atoms with Crippen LogP contribution in [-0.4, -0.2) is 49.2 Å². The fraction of sp³-hybridized carbons (Fsp3) is 0.412. The van der Waals surface area contributed by atoms with Crippen molar-refractivity contribution in [1.82, 2.24) is 15.4 Å². The van der Waals surface area contributed by atoms with Crippen LogP contribution >= 0.6 is 11.6 Å². The minimum Gasteiger partial charge on any atom is -0.369 e.